The smallest absolute Gasteiger partial charge is 0.187 e. The summed E-state index contributed by atoms with van der Waals surface area (Å²) in [5.74, 6) is 0. The van der Waals surface area contributed by atoms with E-state index < -0.39 is 112 Å². The predicted molar refractivity (Wildman–Crippen MR) is 101 cm³/mol. The lowest BCUT2D eigenvalue weighted by Gasteiger charge is -2.47. The maximum Gasteiger partial charge on any atom is 0.187 e. The Morgan fingerprint density at radius 3 is 1.35 bits per heavy atom. The molecular weight excluding hydrogens is 472 g/mol. The van der Waals surface area contributed by atoms with E-state index in [1.54, 1.807) is 0 Å². The van der Waals surface area contributed by atoms with Gasteiger partial charge in [0, 0.05) is 0 Å². The first-order chi connectivity index (χ1) is 16.0. The van der Waals surface area contributed by atoms with Crippen LogP contribution in [0.4, 0.5) is 0 Å². The van der Waals surface area contributed by atoms with E-state index in [9.17, 15) is 56.2 Å². The molecule has 0 aromatic heterocycles. The molecular formula is C18H32O16. The lowest BCUT2D eigenvalue weighted by atomic mass is 9.96. The Bertz CT molecular complexity index is 639. The van der Waals surface area contributed by atoms with E-state index in [-0.39, 0.29) is 0 Å². The van der Waals surface area contributed by atoms with Crippen LogP contribution in [-0.4, -0.2) is 168 Å². The third-order valence-electron chi connectivity index (χ3n) is 6.09. The summed E-state index contributed by atoms with van der Waals surface area (Å²) in [5, 5.41) is 110. The summed E-state index contributed by atoms with van der Waals surface area (Å²) in [4.78, 5) is 0. The van der Waals surface area contributed by atoms with Gasteiger partial charge in [0.1, 0.15) is 73.2 Å². The molecule has 0 aliphatic carbocycles. The molecule has 3 aliphatic rings. The molecule has 3 rings (SSSR count). The van der Waals surface area contributed by atoms with Crippen molar-refractivity contribution in [2.24, 2.45) is 0 Å². The minimum Gasteiger partial charge on any atom is -0.394 e. The Kier molecular flexibility index (Phi) is 9.54. The predicted octanol–water partition coefficient (Wildman–Crippen LogP) is -7.57. The van der Waals surface area contributed by atoms with Crippen LogP contribution in [0.3, 0.4) is 0 Å². The molecule has 0 radical (unpaired) electrons. The molecule has 0 unspecified atom stereocenters. The molecule has 0 bridgehead atoms. The van der Waals surface area contributed by atoms with Crippen molar-refractivity contribution in [3.05, 3.63) is 0 Å². The fourth-order valence-corrected chi connectivity index (χ4v) is 4.04. The number of aliphatic hydroxyl groups excluding tert-OH is 11. The van der Waals surface area contributed by atoms with Crippen molar-refractivity contribution in [3.63, 3.8) is 0 Å². The van der Waals surface area contributed by atoms with Crippen LogP contribution < -0.4 is 0 Å². The molecule has 16 nitrogen and oxygen atoms in total. The van der Waals surface area contributed by atoms with Gasteiger partial charge in [-0.1, -0.05) is 0 Å². The van der Waals surface area contributed by atoms with Crippen LogP contribution in [0.1, 0.15) is 0 Å². The lowest BCUT2D eigenvalue weighted by molar-refractivity contribution is -0.379. The SMILES string of the molecule is OC[C@H]1O[C@@H](O[C@@H]2[C@@H](O)[C@H](O[C@@H]3[C@@H](O)[C@H](O)O[C@H](CO)[C@H]3O)O[C@H](CO)[C@H]2O)[C@H](O)[C@@H](O)[C@@H]1O. The van der Waals surface area contributed by atoms with E-state index >= 15 is 0 Å². The molecule has 200 valence electrons. The van der Waals surface area contributed by atoms with Crippen LogP contribution in [0.2, 0.25) is 0 Å². The molecule has 0 aromatic carbocycles. The van der Waals surface area contributed by atoms with Gasteiger partial charge >= 0.3 is 0 Å². The Balaban J connectivity index is 1.78. The fraction of sp³-hybridized carbons (Fsp3) is 1.00. The summed E-state index contributed by atoms with van der Waals surface area (Å²) in [5.41, 5.74) is 0. The Hall–Kier alpha value is -0.640. The molecule has 11 N–H and O–H groups in total. The van der Waals surface area contributed by atoms with Crippen LogP contribution in [0.25, 0.3) is 0 Å². The minimum absolute atomic E-state index is 0.750. The molecule has 3 aliphatic heterocycles. The van der Waals surface area contributed by atoms with Gasteiger partial charge < -0.3 is 79.9 Å². The van der Waals surface area contributed by atoms with E-state index in [1.807, 2.05) is 0 Å². The third-order valence-corrected chi connectivity index (χ3v) is 6.09. The normalized spacial score (nSPS) is 52.5. The third kappa shape index (κ3) is 5.37. The second-order valence-electron chi connectivity index (χ2n) is 8.33. The van der Waals surface area contributed by atoms with Crippen LogP contribution in [0.5, 0.6) is 0 Å². The fourth-order valence-electron chi connectivity index (χ4n) is 4.04. The summed E-state index contributed by atoms with van der Waals surface area (Å²) in [7, 11) is 0. The highest BCUT2D eigenvalue weighted by Gasteiger charge is 2.53. The number of aliphatic hydroxyl groups is 11. The Morgan fingerprint density at radius 2 is 0.853 bits per heavy atom. The minimum atomic E-state index is -1.92. The summed E-state index contributed by atoms with van der Waals surface area (Å²) >= 11 is 0. The zero-order valence-electron chi connectivity index (χ0n) is 17.7. The molecule has 0 spiro atoms. The van der Waals surface area contributed by atoms with Gasteiger partial charge in [0.05, 0.1) is 19.8 Å². The maximum atomic E-state index is 10.7. The maximum absolute atomic E-state index is 10.7. The molecule has 0 saturated carbocycles. The second-order valence-corrected chi connectivity index (χ2v) is 8.33. The lowest BCUT2D eigenvalue weighted by Crippen LogP contribution is -2.66. The van der Waals surface area contributed by atoms with Gasteiger partial charge in [-0.2, -0.15) is 0 Å². The van der Waals surface area contributed by atoms with E-state index in [0.717, 1.165) is 0 Å². The molecule has 16 heteroatoms. The van der Waals surface area contributed by atoms with Crippen molar-refractivity contribution >= 4 is 0 Å². The highest BCUT2D eigenvalue weighted by atomic mass is 16.7. The van der Waals surface area contributed by atoms with Gasteiger partial charge in [-0.3, -0.25) is 0 Å². The van der Waals surface area contributed by atoms with Gasteiger partial charge in [0.2, 0.25) is 0 Å². The highest BCUT2D eigenvalue weighted by molar-refractivity contribution is 4.96. The number of ether oxygens (including phenoxy) is 5. The number of hydrogen-bond acceptors (Lipinski definition) is 16. The molecule has 0 amide bonds. The van der Waals surface area contributed by atoms with E-state index in [2.05, 4.69) is 0 Å². The standard InChI is InChI=1S/C18H32O16/c19-1-4-7(22)10(25)11(26)17(31-4)34-15-9(24)6(3-21)32-18(13(15)28)33-14-8(23)5(2-20)30-16(29)12(14)27/h4-29H,1-3H2/t4-,5-,6-,7-,8-,9-,10+,11-,12-,13-,14+,15+,16-,17+,18+/m1/s1. The van der Waals surface area contributed by atoms with E-state index in [1.165, 1.54) is 0 Å². The number of rotatable bonds is 7. The summed E-state index contributed by atoms with van der Waals surface area (Å²) in [6.07, 6.45) is -25.5. The number of hydrogen-bond donors (Lipinski definition) is 11. The first-order valence-electron chi connectivity index (χ1n) is 10.6. The van der Waals surface area contributed by atoms with E-state index in [0.29, 0.717) is 0 Å². The monoisotopic (exact) mass is 504 g/mol. The quantitative estimate of drug-likeness (QED) is 0.154. The first-order valence-corrected chi connectivity index (χ1v) is 10.6. The first kappa shape index (κ1) is 27.9. The highest BCUT2D eigenvalue weighted by Crippen LogP contribution is 2.32. The van der Waals surface area contributed by atoms with Gasteiger partial charge in [0.25, 0.3) is 0 Å². The van der Waals surface area contributed by atoms with Crippen molar-refractivity contribution in [1.29, 1.82) is 0 Å². The van der Waals surface area contributed by atoms with Crippen molar-refractivity contribution in [2.75, 3.05) is 19.8 Å². The molecule has 15 atom stereocenters. The second kappa shape index (κ2) is 11.6. The van der Waals surface area contributed by atoms with Crippen molar-refractivity contribution in [1.82, 2.24) is 0 Å². The van der Waals surface area contributed by atoms with Crippen LogP contribution in [0.15, 0.2) is 0 Å². The van der Waals surface area contributed by atoms with Crippen molar-refractivity contribution < 1.29 is 79.9 Å². The topological polar surface area (TPSA) is 269 Å². The van der Waals surface area contributed by atoms with Crippen LogP contribution in [-0.2, 0) is 23.7 Å². The molecule has 34 heavy (non-hydrogen) atoms. The average Bonchev–Trinajstić information content (AvgIpc) is 2.82. The zero-order valence-corrected chi connectivity index (χ0v) is 17.7. The van der Waals surface area contributed by atoms with Crippen molar-refractivity contribution in [2.45, 2.75) is 92.1 Å². The largest absolute Gasteiger partial charge is 0.394 e. The summed E-state index contributed by atoms with van der Waals surface area (Å²) in [6, 6.07) is 0. The Morgan fingerprint density at radius 1 is 0.441 bits per heavy atom. The van der Waals surface area contributed by atoms with Gasteiger partial charge in [0.15, 0.2) is 18.9 Å². The van der Waals surface area contributed by atoms with E-state index in [4.69, 9.17) is 23.7 Å². The van der Waals surface area contributed by atoms with Gasteiger partial charge in [-0.15, -0.1) is 0 Å². The molecule has 3 fully saturated rings. The van der Waals surface area contributed by atoms with Crippen molar-refractivity contribution in [3.8, 4) is 0 Å². The van der Waals surface area contributed by atoms with Gasteiger partial charge in [-0.05, 0) is 0 Å². The average molecular weight is 504 g/mol. The summed E-state index contributed by atoms with van der Waals surface area (Å²) < 4.78 is 26.2. The molecule has 0 aromatic rings. The molecule has 3 heterocycles. The summed E-state index contributed by atoms with van der Waals surface area (Å²) in [6.45, 7) is -2.33. The Labute approximate surface area is 192 Å². The van der Waals surface area contributed by atoms with Crippen LogP contribution >= 0.6 is 0 Å². The molecule has 3 saturated heterocycles. The zero-order chi connectivity index (χ0) is 25.3. The van der Waals surface area contributed by atoms with Crippen LogP contribution in [0, 0.1) is 0 Å². The van der Waals surface area contributed by atoms with Gasteiger partial charge in [-0.25, -0.2) is 0 Å².